The fourth-order valence-corrected chi connectivity index (χ4v) is 4.80. The maximum absolute atomic E-state index is 13.8. The maximum atomic E-state index is 13.8. The summed E-state index contributed by atoms with van der Waals surface area (Å²) in [6, 6.07) is 17.5. The molecule has 1 unspecified atom stereocenters. The first-order chi connectivity index (χ1) is 16.9. The van der Waals surface area contributed by atoms with Crippen molar-refractivity contribution in [1.82, 2.24) is 9.80 Å². The van der Waals surface area contributed by atoms with Gasteiger partial charge < -0.3 is 19.0 Å². The van der Waals surface area contributed by atoms with E-state index in [1.165, 1.54) is 7.11 Å². The van der Waals surface area contributed by atoms with Gasteiger partial charge in [-0.3, -0.25) is 9.59 Å². The van der Waals surface area contributed by atoms with E-state index >= 15 is 0 Å². The molecule has 0 N–H and O–H groups in total. The minimum Gasteiger partial charge on any atom is -0.465 e. The van der Waals surface area contributed by atoms with E-state index < -0.39 is 12.0 Å². The molecule has 1 atom stereocenters. The van der Waals surface area contributed by atoms with Crippen molar-refractivity contribution in [2.24, 2.45) is 0 Å². The van der Waals surface area contributed by atoms with Crippen molar-refractivity contribution in [2.45, 2.75) is 12.5 Å². The van der Waals surface area contributed by atoms with Crippen LogP contribution in [-0.4, -0.2) is 56.0 Å². The summed E-state index contributed by atoms with van der Waals surface area (Å²) in [6.07, 6.45) is 0.736. The van der Waals surface area contributed by atoms with E-state index in [4.69, 9.17) is 9.15 Å². The first-order valence-corrected chi connectivity index (χ1v) is 11.5. The summed E-state index contributed by atoms with van der Waals surface area (Å²) < 4.78 is 11.0. The predicted octanol–water partition coefficient (Wildman–Crippen LogP) is 4.23. The molecule has 0 aliphatic carbocycles. The largest absolute Gasteiger partial charge is 0.465 e. The van der Waals surface area contributed by atoms with Crippen LogP contribution in [0, 0.1) is 0 Å². The summed E-state index contributed by atoms with van der Waals surface area (Å²) in [7, 11) is 5.29. The van der Waals surface area contributed by atoms with Crippen molar-refractivity contribution in [3.63, 3.8) is 0 Å². The number of hydrogen-bond acceptors (Lipinski definition) is 6. The van der Waals surface area contributed by atoms with Gasteiger partial charge in [0.2, 0.25) is 5.76 Å². The van der Waals surface area contributed by atoms with Crippen LogP contribution in [0.25, 0.3) is 21.7 Å². The molecule has 2 heterocycles. The Balaban J connectivity index is 1.68. The summed E-state index contributed by atoms with van der Waals surface area (Å²) in [5, 5.41) is 2.18. The Bertz CT molecular complexity index is 1500. The minimum atomic E-state index is -0.599. The molecule has 0 fully saturated rings. The van der Waals surface area contributed by atoms with E-state index in [0.717, 1.165) is 29.3 Å². The Morgan fingerprint density at radius 2 is 1.74 bits per heavy atom. The molecule has 1 aliphatic heterocycles. The van der Waals surface area contributed by atoms with Crippen LogP contribution < -0.4 is 5.43 Å². The van der Waals surface area contributed by atoms with E-state index in [1.807, 2.05) is 44.4 Å². The number of esters is 1. The van der Waals surface area contributed by atoms with Crippen LogP contribution in [-0.2, 0) is 4.74 Å². The van der Waals surface area contributed by atoms with Crippen LogP contribution in [0.2, 0.25) is 0 Å². The topological polar surface area (TPSA) is 80.1 Å². The molecule has 1 amide bonds. The Hall–Kier alpha value is -3.97. The number of fused-ring (bicyclic) bond motifs is 4. The number of rotatable bonds is 6. The van der Waals surface area contributed by atoms with Crippen molar-refractivity contribution in [3.8, 4) is 0 Å². The number of nitrogens with zero attached hydrogens (tertiary/aromatic N) is 2. The van der Waals surface area contributed by atoms with Gasteiger partial charge in [0.15, 0.2) is 5.43 Å². The molecule has 0 saturated carbocycles. The SMILES string of the molecule is COC(=O)c1ccc(C2c3c(oc4c(ccc5ccccc54)c3=O)C(=O)N2CCCN(C)C)cc1. The number of hydrogen-bond donors (Lipinski definition) is 0. The first-order valence-electron chi connectivity index (χ1n) is 11.5. The molecular formula is C28H26N2O5. The molecular weight excluding hydrogens is 444 g/mol. The van der Waals surface area contributed by atoms with Gasteiger partial charge in [0.25, 0.3) is 5.91 Å². The Morgan fingerprint density at radius 3 is 2.46 bits per heavy atom. The lowest BCUT2D eigenvalue weighted by molar-refractivity contribution is 0.0600. The van der Waals surface area contributed by atoms with Gasteiger partial charge in [0, 0.05) is 11.9 Å². The Labute approximate surface area is 202 Å². The number of carbonyl (C=O) groups excluding carboxylic acids is 2. The molecule has 35 heavy (non-hydrogen) atoms. The molecule has 1 aromatic heterocycles. The molecule has 0 saturated heterocycles. The van der Waals surface area contributed by atoms with Gasteiger partial charge in [-0.1, -0.05) is 42.5 Å². The van der Waals surface area contributed by atoms with Crippen LogP contribution in [0.15, 0.2) is 69.9 Å². The minimum absolute atomic E-state index is 0.0887. The molecule has 1 aliphatic rings. The third-order valence-electron chi connectivity index (χ3n) is 6.51. The second-order valence-electron chi connectivity index (χ2n) is 9.01. The molecule has 3 aromatic carbocycles. The van der Waals surface area contributed by atoms with Gasteiger partial charge in [0.1, 0.15) is 5.58 Å². The second-order valence-corrected chi connectivity index (χ2v) is 9.01. The monoisotopic (exact) mass is 470 g/mol. The smallest absolute Gasteiger partial charge is 0.337 e. The van der Waals surface area contributed by atoms with Crippen LogP contribution in [0.5, 0.6) is 0 Å². The van der Waals surface area contributed by atoms with Crippen molar-refractivity contribution in [2.75, 3.05) is 34.3 Å². The quantitative estimate of drug-likeness (QED) is 0.310. The third-order valence-corrected chi connectivity index (χ3v) is 6.51. The van der Waals surface area contributed by atoms with Gasteiger partial charge in [-0.15, -0.1) is 0 Å². The average molecular weight is 471 g/mol. The number of amides is 1. The molecule has 0 spiro atoms. The number of ether oxygens (including phenoxy) is 1. The summed E-state index contributed by atoms with van der Waals surface area (Å²) >= 11 is 0. The zero-order valence-corrected chi connectivity index (χ0v) is 19.9. The maximum Gasteiger partial charge on any atom is 0.337 e. The van der Waals surface area contributed by atoms with E-state index in [-0.39, 0.29) is 17.1 Å². The van der Waals surface area contributed by atoms with Gasteiger partial charge in [0.05, 0.1) is 29.7 Å². The zero-order chi connectivity index (χ0) is 24.7. The summed E-state index contributed by atoms with van der Waals surface area (Å²) in [5.41, 5.74) is 1.69. The lowest BCUT2D eigenvalue weighted by Crippen LogP contribution is -2.32. The van der Waals surface area contributed by atoms with Gasteiger partial charge in [-0.25, -0.2) is 4.79 Å². The number of benzene rings is 3. The van der Waals surface area contributed by atoms with Crippen molar-refractivity contribution in [3.05, 3.63) is 93.3 Å². The van der Waals surface area contributed by atoms with Gasteiger partial charge in [-0.2, -0.15) is 0 Å². The molecule has 0 radical (unpaired) electrons. The van der Waals surface area contributed by atoms with Gasteiger partial charge in [-0.05, 0) is 56.2 Å². The highest BCUT2D eigenvalue weighted by Gasteiger charge is 2.42. The molecule has 7 heteroatoms. The van der Waals surface area contributed by atoms with Crippen LogP contribution >= 0.6 is 0 Å². The highest BCUT2D eigenvalue weighted by Crippen LogP contribution is 2.39. The van der Waals surface area contributed by atoms with E-state index in [2.05, 4.69) is 4.90 Å². The van der Waals surface area contributed by atoms with Gasteiger partial charge >= 0.3 is 5.97 Å². The fraction of sp³-hybridized carbons (Fsp3) is 0.250. The fourth-order valence-electron chi connectivity index (χ4n) is 4.80. The normalized spacial score (nSPS) is 15.3. The van der Waals surface area contributed by atoms with Crippen molar-refractivity contribution >= 4 is 33.6 Å². The average Bonchev–Trinajstić information content (AvgIpc) is 3.15. The summed E-state index contributed by atoms with van der Waals surface area (Å²) in [5.74, 6) is -0.654. The van der Waals surface area contributed by atoms with Crippen LogP contribution in [0.1, 0.15) is 44.5 Å². The predicted molar refractivity (Wildman–Crippen MR) is 134 cm³/mol. The van der Waals surface area contributed by atoms with E-state index in [1.54, 1.807) is 35.2 Å². The molecule has 5 rings (SSSR count). The lowest BCUT2D eigenvalue weighted by atomic mass is 9.96. The third kappa shape index (κ3) is 3.88. The first kappa shape index (κ1) is 22.8. The number of carbonyl (C=O) groups is 2. The van der Waals surface area contributed by atoms with Crippen LogP contribution in [0.3, 0.4) is 0 Å². The summed E-state index contributed by atoms with van der Waals surface area (Å²) in [4.78, 5) is 43.1. The molecule has 178 valence electrons. The Morgan fingerprint density at radius 1 is 1.00 bits per heavy atom. The lowest BCUT2D eigenvalue weighted by Gasteiger charge is -2.25. The molecule has 0 bridgehead atoms. The molecule has 4 aromatic rings. The molecule has 7 nitrogen and oxygen atoms in total. The Kier molecular flexibility index (Phi) is 5.86. The van der Waals surface area contributed by atoms with Crippen molar-refractivity contribution < 1.29 is 18.7 Å². The van der Waals surface area contributed by atoms with E-state index in [0.29, 0.717) is 28.6 Å². The highest BCUT2D eigenvalue weighted by atomic mass is 16.5. The second kappa shape index (κ2) is 9.00. The standard InChI is InChI=1S/C28H26N2O5/c1-29(2)15-6-16-30-23(18-9-11-19(12-10-18)28(33)34-3)22-24(31)21-14-13-17-7-4-5-8-20(17)25(21)35-26(22)27(30)32/h4-5,7-14,23H,6,15-16H2,1-3H3. The highest BCUT2D eigenvalue weighted by molar-refractivity contribution is 6.06. The van der Waals surface area contributed by atoms with Crippen LogP contribution in [0.4, 0.5) is 0 Å². The summed E-state index contributed by atoms with van der Waals surface area (Å²) in [6.45, 7) is 1.25. The number of methoxy groups -OCH3 is 1. The zero-order valence-electron chi connectivity index (χ0n) is 19.9. The van der Waals surface area contributed by atoms with E-state index in [9.17, 15) is 14.4 Å². The van der Waals surface area contributed by atoms with Crippen molar-refractivity contribution in [1.29, 1.82) is 0 Å².